The smallest absolute Gasteiger partial charge is 0.305 e. The van der Waals surface area contributed by atoms with Crippen LogP contribution < -0.4 is 5.32 Å². The molecule has 6 heteroatoms. The van der Waals surface area contributed by atoms with Crippen LogP contribution in [0.25, 0.3) is 0 Å². The van der Waals surface area contributed by atoms with Gasteiger partial charge in [0.05, 0.1) is 4.92 Å². The molecule has 20 heavy (non-hydrogen) atoms. The number of halogens is 1. The van der Waals surface area contributed by atoms with Crippen LogP contribution in [-0.2, 0) is 6.54 Å². The number of aryl methyl sites for hydroxylation is 1. The molecule has 1 unspecified atom stereocenters. The van der Waals surface area contributed by atoms with Crippen LogP contribution in [0.3, 0.4) is 0 Å². The molecular formula is C14H15FN2O2S. The molecule has 0 fully saturated rings. The highest BCUT2D eigenvalue weighted by Gasteiger charge is 2.11. The van der Waals surface area contributed by atoms with Crippen LogP contribution in [0.1, 0.15) is 29.0 Å². The maximum absolute atomic E-state index is 13.5. The van der Waals surface area contributed by atoms with E-state index in [-0.39, 0.29) is 16.9 Å². The minimum Gasteiger partial charge on any atom is -0.305 e. The van der Waals surface area contributed by atoms with Crippen LogP contribution in [0.2, 0.25) is 0 Å². The fourth-order valence-electron chi connectivity index (χ4n) is 1.81. The van der Waals surface area contributed by atoms with Crippen LogP contribution in [0.5, 0.6) is 0 Å². The van der Waals surface area contributed by atoms with E-state index in [4.69, 9.17) is 0 Å². The van der Waals surface area contributed by atoms with Crippen LogP contribution in [0.15, 0.2) is 30.3 Å². The van der Waals surface area contributed by atoms with Crippen molar-refractivity contribution in [1.82, 2.24) is 5.32 Å². The van der Waals surface area contributed by atoms with Gasteiger partial charge in [0, 0.05) is 23.5 Å². The lowest BCUT2D eigenvalue weighted by molar-refractivity contribution is -0.380. The predicted molar refractivity (Wildman–Crippen MR) is 77.4 cm³/mol. The third-order valence-electron chi connectivity index (χ3n) is 3.11. The first-order valence-corrected chi connectivity index (χ1v) is 7.01. The summed E-state index contributed by atoms with van der Waals surface area (Å²) in [6.07, 6.45) is 0. The van der Waals surface area contributed by atoms with Crippen LogP contribution >= 0.6 is 11.3 Å². The highest BCUT2D eigenvalue weighted by Crippen LogP contribution is 2.24. The van der Waals surface area contributed by atoms with Crippen molar-refractivity contribution < 1.29 is 9.31 Å². The molecule has 1 aromatic carbocycles. The molecule has 4 nitrogen and oxygen atoms in total. The van der Waals surface area contributed by atoms with Crippen molar-refractivity contribution in [2.75, 3.05) is 0 Å². The van der Waals surface area contributed by atoms with Crippen molar-refractivity contribution in [2.45, 2.75) is 26.4 Å². The Labute approximate surface area is 120 Å². The lowest BCUT2D eigenvalue weighted by Crippen LogP contribution is -2.17. The molecule has 0 saturated carbocycles. The van der Waals surface area contributed by atoms with Crippen molar-refractivity contribution in [2.24, 2.45) is 0 Å². The summed E-state index contributed by atoms with van der Waals surface area (Å²) in [5.41, 5.74) is 1.48. The lowest BCUT2D eigenvalue weighted by Gasteiger charge is -2.14. The molecule has 0 aliphatic heterocycles. The zero-order valence-corrected chi connectivity index (χ0v) is 12.0. The molecule has 2 rings (SSSR count). The highest BCUT2D eigenvalue weighted by atomic mass is 32.1. The first kappa shape index (κ1) is 14.6. The average Bonchev–Trinajstić information content (AvgIpc) is 2.88. The number of hydrogen-bond acceptors (Lipinski definition) is 4. The molecule has 1 aromatic heterocycles. The quantitative estimate of drug-likeness (QED) is 0.671. The summed E-state index contributed by atoms with van der Waals surface area (Å²) >= 11 is 1.15. The summed E-state index contributed by atoms with van der Waals surface area (Å²) in [6.45, 7) is 4.18. The van der Waals surface area contributed by atoms with Crippen molar-refractivity contribution >= 4 is 16.3 Å². The van der Waals surface area contributed by atoms with Crippen molar-refractivity contribution in [3.8, 4) is 0 Å². The van der Waals surface area contributed by atoms with E-state index in [0.717, 1.165) is 21.8 Å². The van der Waals surface area contributed by atoms with Gasteiger partial charge < -0.3 is 5.32 Å². The summed E-state index contributed by atoms with van der Waals surface area (Å²) in [5.74, 6) is -0.220. The molecule has 1 atom stereocenters. The molecule has 2 aromatic rings. The first-order chi connectivity index (χ1) is 9.47. The Kier molecular flexibility index (Phi) is 4.46. The second kappa shape index (κ2) is 6.11. The number of thiophene rings is 1. The van der Waals surface area contributed by atoms with E-state index in [1.54, 1.807) is 19.1 Å². The number of rotatable bonds is 5. The number of nitrogens with one attached hydrogen (secondary N) is 1. The van der Waals surface area contributed by atoms with Crippen molar-refractivity contribution in [3.63, 3.8) is 0 Å². The molecule has 106 valence electrons. The zero-order chi connectivity index (χ0) is 14.7. The molecule has 0 spiro atoms. The van der Waals surface area contributed by atoms with Gasteiger partial charge in [0.2, 0.25) is 0 Å². The number of hydrogen-bond donors (Lipinski definition) is 1. The Bertz CT molecular complexity index is 627. The number of nitrogens with zero attached hydrogens (tertiary/aromatic N) is 1. The molecule has 0 saturated heterocycles. The molecule has 0 aliphatic rings. The van der Waals surface area contributed by atoms with Gasteiger partial charge in [0.15, 0.2) is 0 Å². The Hall–Kier alpha value is -1.79. The molecule has 0 aliphatic carbocycles. The normalized spacial score (nSPS) is 12.3. The predicted octanol–water partition coefficient (Wildman–Crippen LogP) is 3.95. The Balaban J connectivity index is 1.98. The largest absolute Gasteiger partial charge is 0.324 e. The third-order valence-corrected chi connectivity index (χ3v) is 4.14. The van der Waals surface area contributed by atoms with Crippen molar-refractivity contribution in [1.29, 1.82) is 0 Å². The second-order valence-electron chi connectivity index (χ2n) is 4.61. The van der Waals surface area contributed by atoms with Gasteiger partial charge in [-0.3, -0.25) is 10.1 Å². The minimum absolute atomic E-state index is 0.0220. The van der Waals surface area contributed by atoms with E-state index in [0.29, 0.717) is 12.1 Å². The van der Waals surface area contributed by atoms with E-state index < -0.39 is 4.92 Å². The van der Waals surface area contributed by atoms with Gasteiger partial charge >= 0.3 is 5.00 Å². The average molecular weight is 294 g/mol. The van der Waals surface area contributed by atoms with Crippen LogP contribution in [0.4, 0.5) is 9.39 Å². The lowest BCUT2D eigenvalue weighted by atomic mass is 10.1. The van der Waals surface area contributed by atoms with Gasteiger partial charge in [-0.2, -0.15) is 0 Å². The molecule has 0 amide bonds. The summed E-state index contributed by atoms with van der Waals surface area (Å²) in [7, 11) is 0. The Morgan fingerprint density at radius 3 is 2.75 bits per heavy atom. The Morgan fingerprint density at radius 2 is 2.15 bits per heavy atom. The van der Waals surface area contributed by atoms with E-state index in [9.17, 15) is 14.5 Å². The van der Waals surface area contributed by atoms with Gasteiger partial charge in [-0.15, -0.1) is 0 Å². The van der Waals surface area contributed by atoms with E-state index >= 15 is 0 Å². The first-order valence-electron chi connectivity index (χ1n) is 6.20. The summed E-state index contributed by atoms with van der Waals surface area (Å²) in [6, 6.07) is 8.36. The third kappa shape index (κ3) is 3.40. The molecule has 0 bridgehead atoms. The molecular weight excluding hydrogens is 279 g/mol. The number of benzene rings is 1. The summed E-state index contributed by atoms with van der Waals surface area (Å²) in [4.78, 5) is 11.1. The topological polar surface area (TPSA) is 55.2 Å². The van der Waals surface area contributed by atoms with E-state index in [1.165, 1.54) is 12.1 Å². The molecule has 1 heterocycles. The van der Waals surface area contributed by atoms with Crippen molar-refractivity contribution in [3.05, 3.63) is 62.3 Å². The SMILES string of the molecule is Cc1ccc(C(C)NCc2ccc([N+](=O)[O-])s2)cc1F. The monoisotopic (exact) mass is 294 g/mol. The van der Waals surface area contributed by atoms with Crippen LogP contribution in [-0.4, -0.2) is 4.92 Å². The minimum atomic E-state index is -0.396. The molecule has 1 N–H and O–H groups in total. The van der Waals surface area contributed by atoms with Gasteiger partial charge in [0.1, 0.15) is 5.82 Å². The number of nitro groups is 1. The van der Waals surface area contributed by atoms with Crippen LogP contribution in [0, 0.1) is 22.9 Å². The zero-order valence-electron chi connectivity index (χ0n) is 11.2. The van der Waals surface area contributed by atoms with Gasteiger partial charge in [-0.1, -0.05) is 23.5 Å². The standard InChI is InChI=1S/C14H15FN2O2S/c1-9-3-4-11(7-13(9)15)10(2)16-8-12-5-6-14(20-12)17(18)19/h3-7,10,16H,8H2,1-2H3. The van der Waals surface area contributed by atoms with E-state index in [1.807, 2.05) is 13.0 Å². The maximum atomic E-state index is 13.5. The van der Waals surface area contributed by atoms with E-state index in [2.05, 4.69) is 5.32 Å². The fourth-order valence-corrected chi connectivity index (χ4v) is 2.58. The molecule has 0 radical (unpaired) electrons. The maximum Gasteiger partial charge on any atom is 0.324 e. The van der Waals surface area contributed by atoms with Gasteiger partial charge in [-0.05, 0) is 37.1 Å². The fraction of sp³-hybridized carbons (Fsp3) is 0.286. The van der Waals surface area contributed by atoms with Gasteiger partial charge in [0.25, 0.3) is 0 Å². The summed E-state index contributed by atoms with van der Waals surface area (Å²) < 4.78 is 13.5. The highest BCUT2D eigenvalue weighted by molar-refractivity contribution is 7.15. The second-order valence-corrected chi connectivity index (χ2v) is 5.76. The summed E-state index contributed by atoms with van der Waals surface area (Å²) in [5, 5.41) is 14.0. The van der Waals surface area contributed by atoms with Gasteiger partial charge in [-0.25, -0.2) is 4.39 Å². The Morgan fingerprint density at radius 1 is 1.40 bits per heavy atom.